The van der Waals surface area contributed by atoms with Gasteiger partial charge in [0, 0.05) is 6.42 Å². The lowest BCUT2D eigenvalue weighted by molar-refractivity contribution is -0.148. The SMILES string of the molecule is CC/C=C\C/C=C\C/C=C\C/C=C\C/C=C\CC(=O)OC(CC/C=C\C/C=C\C/C=C\C/C=C\CC)CCCCCCCC(=O)O. The zero-order chi connectivity index (χ0) is 33.6. The van der Waals surface area contributed by atoms with Crippen molar-refractivity contribution in [2.24, 2.45) is 0 Å². The molecule has 1 N–H and O–H groups in total. The quantitative estimate of drug-likeness (QED) is 0.0486. The molecule has 0 amide bonds. The standard InChI is InChI=1S/C42H64O4/c1-3-5-7-9-11-13-15-17-18-20-22-24-26-31-35-39-42(45)46-40(37-33-29-27-30-34-38-41(43)44)36-32-28-25-23-21-19-16-14-12-10-8-6-4-2/h5-8,11-14,17-19,21-22,24-25,28,31,35,40H,3-4,9-10,15-16,20,23,26-27,29-30,32-34,36-39H2,1-2H3,(H,43,44)/b7-5-,8-6-,13-11-,14-12-,18-17-,21-19-,24-22-,28-25-,35-31-. The van der Waals surface area contributed by atoms with Crippen molar-refractivity contribution >= 4 is 11.9 Å². The minimum absolute atomic E-state index is 0.0821. The molecule has 0 bridgehead atoms. The fourth-order valence-corrected chi connectivity index (χ4v) is 4.48. The molecule has 1 unspecified atom stereocenters. The van der Waals surface area contributed by atoms with Crippen LogP contribution in [0.5, 0.6) is 0 Å². The second-order valence-corrected chi connectivity index (χ2v) is 11.3. The van der Waals surface area contributed by atoms with Crippen molar-refractivity contribution in [1.29, 1.82) is 0 Å². The Bertz CT molecular complexity index is 987. The van der Waals surface area contributed by atoms with Gasteiger partial charge < -0.3 is 9.84 Å². The van der Waals surface area contributed by atoms with E-state index in [9.17, 15) is 9.59 Å². The van der Waals surface area contributed by atoms with Crippen LogP contribution in [0.25, 0.3) is 0 Å². The van der Waals surface area contributed by atoms with Gasteiger partial charge in [-0.3, -0.25) is 9.59 Å². The van der Waals surface area contributed by atoms with Gasteiger partial charge in [0.2, 0.25) is 0 Å². The topological polar surface area (TPSA) is 63.6 Å². The summed E-state index contributed by atoms with van der Waals surface area (Å²) < 4.78 is 5.87. The second-order valence-electron chi connectivity index (χ2n) is 11.3. The fraction of sp³-hybridized carbons (Fsp3) is 0.524. The highest BCUT2D eigenvalue weighted by Crippen LogP contribution is 2.16. The van der Waals surface area contributed by atoms with Gasteiger partial charge in [0.1, 0.15) is 6.10 Å². The molecular formula is C42H64O4. The molecule has 0 aliphatic heterocycles. The van der Waals surface area contributed by atoms with Crippen LogP contribution in [-0.2, 0) is 14.3 Å². The molecule has 0 aliphatic rings. The van der Waals surface area contributed by atoms with E-state index in [-0.39, 0.29) is 18.5 Å². The number of ether oxygens (including phenoxy) is 1. The van der Waals surface area contributed by atoms with Crippen molar-refractivity contribution in [1.82, 2.24) is 0 Å². The van der Waals surface area contributed by atoms with Crippen LogP contribution >= 0.6 is 0 Å². The fourth-order valence-electron chi connectivity index (χ4n) is 4.48. The van der Waals surface area contributed by atoms with E-state index in [1.165, 1.54) is 0 Å². The van der Waals surface area contributed by atoms with Crippen LogP contribution in [0.2, 0.25) is 0 Å². The molecule has 0 fully saturated rings. The third-order valence-electron chi connectivity index (χ3n) is 7.03. The molecule has 0 aromatic rings. The van der Waals surface area contributed by atoms with Gasteiger partial charge >= 0.3 is 11.9 Å². The summed E-state index contributed by atoms with van der Waals surface area (Å²) in [6.45, 7) is 4.29. The maximum atomic E-state index is 12.6. The largest absolute Gasteiger partial charge is 0.481 e. The number of carbonyl (C=O) groups excluding carboxylic acids is 1. The normalized spacial score (nSPS) is 13.6. The van der Waals surface area contributed by atoms with Crippen molar-refractivity contribution in [3.05, 3.63) is 109 Å². The zero-order valence-corrected chi connectivity index (χ0v) is 29.1. The van der Waals surface area contributed by atoms with E-state index < -0.39 is 5.97 Å². The van der Waals surface area contributed by atoms with Crippen LogP contribution in [-0.4, -0.2) is 23.1 Å². The Morgan fingerprint density at radius 1 is 0.500 bits per heavy atom. The molecule has 0 radical (unpaired) electrons. The number of unbranched alkanes of at least 4 members (excludes halogenated alkanes) is 4. The van der Waals surface area contributed by atoms with Gasteiger partial charge in [0.15, 0.2) is 0 Å². The molecule has 1 atom stereocenters. The van der Waals surface area contributed by atoms with Crippen LogP contribution in [0.3, 0.4) is 0 Å². The summed E-state index contributed by atoms with van der Waals surface area (Å²) in [5.74, 6) is -0.895. The first-order valence-electron chi connectivity index (χ1n) is 17.9. The van der Waals surface area contributed by atoms with E-state index in [1.54, 1.807) is 0 Å². The molecule has 0 heterocycles. The number of aliphatic carboxylic acids is 1. The molecule has 0 aromatic heterocycles. The van der Waals surface area contributed by atoms with E-state index in [0.29, 0.717) is 6.42 Å². The van der Waals surface area contributed by atoms with Gasteiger partial charge in [0.25, 0.3) is 0 Å². The first kappa shape index (κ1) is 42.6. The number of esters is 1. The number of carboxylic acid groups (broad SMARTS) is 1. The molecule has 4 heteroatoms. The minimum atomic E-state index is -0.727. The highest BCUT2D eigenvalue weighted by molar-refractivity contribution is 5.71. The number of carbonyl (C=O) groups is 2. The smallest absolute Gasteiger partial charge is 0.309 e. The second kappa shape index (κ2) is 36.1. The van der Waals surface area contributed by atoms with E-state index >= 15 is 0 Å². The predicted molar refractivity (Wildman–Crippen MR) is 199 cm³/mol. The van der Waals surface area contributed by atoms with Crippen molar-refractivity contribution < 1.29 is 19.4 Å². The van der Waals surface area contributed by atoms with E-state index in [4.69, 9.17) is 9.84 Å². The third-order valence-corrected chi connectivity index (χ3v) is 7.03. The first-order valence-corrected chi connectivity index (χ1v) is 17.9. The summed E-state index contributed by atoms with van der Waals surface area (Å²) in [4.78, 5) is 23.3. The van der Waals surface area contributed by atoms with Crippen LogP contribution in [0, 0.1) is 0 Å². The molecule has 0 aliphatic carbocycles. The molecule has 4 nitrogen and oxygen atoms in total. The van der Waals surface area contributed by atoms with Gasteiger partial charge in [0.05, 0.1) is 6.42 Å². The van der Waals surface area contributed by atoms with Crippen molar-refractivity contribution in [2.75, 3.05) is 0 Å². The maximum absolute atomic E-state index is 12.6. The lowest BCUT2D eigenvalue weighted by Gasteiger charge is -2.17. The Hall–Kier alpha value is -3.40. The maximum Gasteiger partial charge on any atom is 0.309 e. The number of carboxylic acids is 1. The van der Waals surface area contributed by atoms with Crippen LogP contribution in [0.15, 0.2) is 109 Å². The molecule has 0 saturated carbocycles. The Labute approximate surface area is 282 Å². The first-order chi connectivity index (χ1) is 22.6. The number of hydrogen-bond acceptors (Lipinski definition) is 3. The number of hydrogen-bond donors (Lipinski definition) is 1. The molecule has 0 saturated heterocycles. The number of allylic oxidation sites excluding steroid dienone is 17. The summed E-state index contributed by atoms with van der Waals surface area (Å²) >= 11 is 0. The molecule has 0 spiro atoms. The predicted octanol–water partition coefficient (Wildman–Crippen LogP) is 12.4. The van der Waals surface area contributed by atoms with E-state index in [0.717, 1.165) is 109 Å². The molecular weight excluding hydrogens is 568 g/mol. The highest BCUT2D eigenvalue weighted by atomic mass is 16.5. The van der Waals surface area contributed by atoms with Crippen LogP contribution < -0.4 is 0 Å². The van der Waals surface area contributed by atoms with Gasteiger partial charge in [-0.15, -0.1) is 0 Å². The summed E-state index contributed by atoms with van der Waals surface area (Å²) in [7, 11) is 0. The minimum Gasteiger partial charge on any atom is -0.481 e. The Morgan fingerprint density at radius 2 is 0.891 bits per heavy atom. The van der Waals surface area contributed by atoms with Gasteiger partial charge in [-0.25, -0.2) is 0 Å². The van der Waals surface area contributed by atoms with Crippen LogP contribution in [0.1, 0.15) is 136 Å². The number of rotatable bonds is 30. The average Bonchev–Trinajstić information content (AvgIpc) is 3.04. The van der Waals surface area contributed by atoms with Crippen molar-refractivity contribution in [2.45, 2.75) is 142 Å². The van der Waals surface area contributed by atoms with Gasteiger partial charge in [-0.05, 0) is 89.9 Å². The van der Waals surface area contributed by atoms with Crippen molar-refractivity contribution in [3.8, 4) is 0 Å². The van der Waals surface area contributed by atoms with Gasteiger partial charge in [-0.2, -0.15) is 0 Å². The molecule has 0 rings (SSSR count). The highest BCUT2D eigenvalue weighted by Gasteiger charge is 2.13. The summed E-state index contributed by atoms with van der Waals surface area (Å²) in [5.41, 5.74) is 0. The Kier molecular flexibility index (Phi) is 33.4. The zero-order valence-electron chi connectivity index (χ0n) is 29.1. The van der Waals surface area contributed by atoms with E-state index in [1.807, 2.05) is 12.2 Å². The van der Waals surface area contributed by atoms with E-state index in [2.05, 4.69) is 111 Å². The van der Waals surface area contributed by atoms with Crippen LogP contribution in [0.4, 0.5) is 0 Å². The Balaban J connectivity index is 4.42. The van der Waals surface area contributed by atoms with Gasteiger partial charge in [-0.1, -0.05) is 142 Å². The lowest BCUT2D eigenvalue weighted by atomic mass is 10.0. The summed E-state index contributed by atoms with van der Waals surface area (Å²) in [5, 5.41) is 8.80. The third kappa shape index (κ3) is 35.1. The molecule has 256 valence electrons. The summed E-state index contributed by atoms with van der Waals surface area (Å²) in [6.07, 6.45) is 55.3. The lowest BCUT2D eigenvalue weighted by Crippen LogP contribution is -2.17. The monoisotopic (exact) mass is 632 g/mol. The molecule has 0 aromatic carbocycles. The Morgan fingerprint density at radius 3 is 1.35 bits per heavy atom. The summed E-state index contributed by atoms with van der Waals surface area (Å²) in [6, 6.07) is 0. The van der Waals surface area contributed by atoms with Crippen molar-refractivity contribution in [3.63, 3.8) is 0 Å². The average molecular weight is 633 g/mol. The molecule has 46 heavy (non-hydrogen) atoms.